The summed E-state index contributed by atoms with van der Waals surface area (Å²) in [6, 6.07) is 18.2. The maximum atomic E-state index is 12.6. The van der Waals surface area contributed by atoms with Gasteiger partial charge in [0.25, 0.3) is 0 Å². The quantitative estimate of drug-likeness (QED) is 0.607. The second-order valence-electron chi connectivity index (χ2n) is 8.19. The van der Waals surface area contributed by atoms with Crippen molar-refractivity contribution < 1.29 is 4.79 Å². The number of hydrogen-bond acceptors (Lipinski definition) is 5. The molecule has 0 saturated carbocycles. The zero-order valence-corrected chi connectivity index (χ0v) is 18.9. The molecule has 4 rings (SSSR count). The fraction of sp³-hybridized carbons (Fsp3) is 0.269. The van der Waals surface area contributed by atoms with Gasteiger partial charge in [-0.05, 0) is 50.1 Å². The Morgan fingerprint density at radius 2 is 1.66 bits per heavy atom. The van der Waals surface area contributed by atoms with Gasteiger partial charge in [0.2, 0.25) is 11.9 Å². The van der Waals surface area contributed by atoms with Crippen LogP contribution in [0.4, 0.5) is 17.5 Å². The van der Waals surface area contributed by atoms with Gasteiger partial charge >= 0.3 is 0 Å². The Morgan fingerprint density at radius 3 is 2.38 bits per heavy atom. The number of nitrogens with zero attached hydrogens (tertiary/aromatic N) is 4. The molecule has 1 aliphatic rings. The predicted octanol–water partition coefficient (Wildman–Crippen LogP) is 4.51. The fourth-order valence-electron chi connectivity index (χ4n) is 3.71. The lowest BCUT2D eigenvalue weighted by Gasteiger charge is -2.34. The minimum absolute atomic E-state index is 0.0415. The summed E-state index contributed by atoms with van der Waals surface area (Å²) >= 11 is 0. The van der Waals surface area contributed by atoms with Crippen LogP contribution in [0.5, 0.6) is 0 Å². The number of anilines is 3. The first-order valence-electron chi connectivity index (χ1n) is 10.9. The first-order valence-corrected chi connectivity index (χ1v) is 10.9. The number of aryl methyl sites for hydroxylation is 3. The van der Waals surface area contributed by atoms with Crippen molar-refractivity contribution in [3.63, 3.8) is 0 Å². The first-order chi connectivity index (χ1) is 15.5. The third kappa shape index (κ3) is 5.32. The predicted molar refractivity (Wildman–Crippen MR) is 130 cm³/mol. The number of carbonyl (C=O) groups is 1. The minimum Gasteiger partial charge on any atom is -0.340 e. The molecule has 2 aromatic carbocycles. The molecule has 0 spiro atoms. The van der Waals surface area contributed by atoms with Crippen LogP contribution in [0.1, 0.15) is 22.4 Å². The maximum absolute atomic E-state index is 12.6. The van der Waals surface area contributed by atoms with Gasteiger partial charge in [0.15, 0.2) is 0 Å². The van der Waals surface area contributed by atoms with E-state index in [1.165, 1.54) is 5.56 Å². The molecule has 1 fully saturated rings. The summed E-state index contributed by atoms with van der Waals surface area (Å²) in [7, 11) is 0. The number of nitrogens with one attached hydrogen (secondary N) is 1. The summed E-state index contributed by atoms with van der Waals surface area (Å²) in [5.74, 6) is 1.51. The van der Waals surface area contributed by atoms with Crippen LogP contribution in [0.3, 0.4) is 0 Å². The average molecular weight is 428 g/mol. The third-order valence-corrected chi connectivity index (χ3v) is 5.63. The highest BCUT2D eigenvalue weighted by Gasteiger charge is 2.22. The van der Waals surface area contributed by atoms with Crippen molar-refractivity contribution in [1.29, 1.82) is 0 Å². The number of carbonyl (C=O) groups excluding carboxylic acids is 1. The van der Waals surface area contributed by atoms with Gasteiger partial charge in [-0.25, -0.2) is 4.98 Å². The molecule has 1 saturated heterocycles. The highest BCUT2D eigenvalue weighted by atomic mass is 16.2. The van der Waals surface area contributed by atoms with Crippen LogP contribution in [0.15, 0.2) is 60.7 Å². The lowest BCUT2D eigenvalue weighted by Crippen LogP contribution is -2.48. The molecular weight excluding hydrogens is 398 g/mol. The summed E-state index contributed by atoms with van der Waals surface area (Å²) in [5.41, 5.74) is 5.35. The van der Waals surface area contributed by atoms with Gasteiger partial charge in [0.05, 0.1) is 0 Å². The second-order valence-corrected chi connectivity index (χ2v) is 8.19. The smallest absolute Gasteiger partial charge is 0.246 e. The van der Waals surface area contributed by atoms with E-state index in [4.69, 9.17) is 4.98 Å². The molecule has 32 heavy (non-hydrogen) atoms. The summed E-state index contributed by atoms with van der Waals surface area (Å²) < 4.78 is 0. The molecular formula is C26H29N5O. The monoisotopic (exact) mass is 427 g/mol. The largest absolute Gasteiger partial charge is 0.340 e. The van der Waals surface area contributed by atoms with E-state index < -0.39 is 0 Å². The first kappa shape index (κ1) is 21.6. The Kier molecular flexibility index (Phi) is 6.50. The summed E-state index contributed by atoms with van der Waals surface area (Å²) in [5, 5.41) is 3.36. The highest BCUT2D eigenvalue weighted by Crippen LogP contribution is 2.20. The molecule has 0 atom stereocenters. The molecule has 2 heterocycles. The molecule has 0 aliphatic carbocycles. The van der Waals surface area contributed by atoms with E-state index in [9.17, 15) is 4.79 Å². The highest BCUT2D eigenvalue weighted by molar-refractivity contribution is 5.92. The van der Waals surface area contributed by atoms with Crippen LogP contribution in [0, 0.1) is 20.8 Å². The molecule has 0 radical (unpaired) electrons. The van der Waals surface area contributed by atoms with Crippen molar-refractivity contribution >= 4 is 29.4 Å². The zero-order chi connectivity index (χ0) is 22.5. The van der Waals surface area contributed by atoms with Crippen molar-refractivity contribution in [2.75, 3.05) is 36.4 Å². The normalized spacial score (nSPS) is 14.1. The van der Waals surface area contributed by atoms with Crippen molar-refractivity contribution in [1.82, 2.24) is 14.9 Å². The number of piperazine rings is 1. The molecule has 3 aromatic rings. The zero-order valence-electron chi connectivity index (χ0n) is 18.9. The summed E-state index contributed by atoms with van der Waals surface area (Å²) in [4.78, 5) is 26.0. The molecule has 1 N–H and O–H groups in total. The molecule has 0 bridgehead atoms. The molecule has 0 unspecified atom stereocenters. The van der Waals surface area contributed by atoms with Crippen molar-refractivity contribution in [3.8, 4) is 0 Å². The van der Waals surface area contributed by atoms with Gasteiger partial charge in [-0.3, -0.25) is 4.79 Å². The lowest BCUT2D eigenvalue weighted by molar-refractivity contribution is -0.126. The lowest BCUT2D eigenvalue weighted by atomic mass is 10.1. The standard InChI is InChI=1S/C26H29N5O/c1-19-8-11-23(12-9-19)28-24-18-21(3)27-26(29-24)31-16-14-30(15-17-31)25(32)13-10-22-7-5-4-6-20(22)2/h4-13,18H,14-17H2,1-3H3,(H,27,28,29)/b13-10+. The molecule has 164 valence electrons. The van der Waals surface area contributed by atoms with Crippen LogP contribution < -0.4 is 10.2 Å². The van der Waals surface area contributed by atoms with E-state index in [1.807, 2.05) is 67.3 Å². The van der Waals surface area contributed by atoms with E-state index >= 15 is 0 Å². The molecule has 1 aliphatic heterocycles. The number of benzene rings is 2. The van der Waals surface area contributed by atoms with Crippen LogP contribution >= 0.6 is 0 Å². The van der Waals surface area contributed by atoms with Crippen molar-refractivity contribution in [3.05, 3.63) is 83.1 Å². The van der Waals surface area contributed by atoms with Gasteiger partial charge in [-0.2, -0.15) is 4.98 Å². The molecule has 6 heteroatoms. The summed E-state index contributed by atoms with van der Waals surface area (Å²) in [6.45, 7) is 8.80. The van der Waals surface area contributed by atoms with Gasteiger partial charge in [0.1, 0.15) is 5.82 Å². The van der Waals surface area contributed by atoms with Crippen LogP contribution in [-0.4, -0.2) is 47.0 Å². The van der Waals surface area contributed by atoms with Gasteiger partial charge in [-0.1, -0.05) is 42.0 Å². The Balaban J connectivity index is 1.38. The Morgan fingerprint density at radius 1 is 0.938 bits per heavy atom. The van der Waals surface area contributed by atoms with Gasteiger partial charge < -0.3 is 15.1 Å². The SMILES string of the molecule is Cc1ccc(Nc2cc(C)nc(N3CCN(C(=O)/C=C/c4ccccc4C)CC3)n2)cc1. The molecule has 1 aromatic heterocycles. The third-order valence-electron chi connectivity index (χ3n) is 5.63. The minimum atomic E-state index is 0.0415. The summed E-state index contributed by atoms with van der Waals surface area (Å²) in [6.07, 6.45) is 3.57. The Bertz CT molecular complexity index is 1120. The fourth-order valence-corrected chi connectivity index (χ4v) is 3.71. The average Bonchev–Trinajstić information content (AvgIpc) is 2.79. The maximum Gasteiger partial charge on any atom is 0.246 e. The van der Waals surface area contributed by atoms with Gasteiger partial charge in [-0.15, -0.1) is 0 Å². The second kappa shape index (κ2) is 9.64. The molecule has 6 nitrogen and oxygen atoms in total. The van der Waals surface area contributed by atoms with E-state index in [1.54, 1.807) is 6.08 Å². The van der Waals surface area contributed by atoms with E-state index in [0.29, 0.717) is 32.1 Å². The number of aromatic nitrogens is 2. The number of amides is 1. The van der Waals surface area contributed by atoms with E-state index in [-0.39, 0.29) is 5.91 Å². The van der Waals surface area contributed by atoms with Crippen molar-refractivity contribution in [2.45, 2.75) is 20.8 Å². The van der Waals surface area contributed by atoms with Crippen LogP contribution in [0.2, 0.25) is 0 Å². The number of rotatable bonds is 5. The topological polar surface area (TPSA) is 61.4 Å². The van der Waals surface area contributed by atoms with Crippen molar-refractivity contribution in [2.24, 2.45) is 0 Å². The molecule has 1 amide bonds. The van der Waals surface area contributed by atoms with Gasteiger partial charge in [0, 0.05) is 49.7 Å². The number of hydrogen-bond donors (Lipinski definition) is 1. The Labute approximate surface area is 189 Å². The van der Waals surface area contributed by atoms with E-state index in [0.717, 1.165) is 28.3 Å². The van der Waals surface area contributed by atoms with Crippen LogP contribution in [-0.2, 0) is 4.79 Å². The van der Waals surface area contributed by atoms with Crippen LogP contribution in [0.25, 0.3) is 6.08 Å². The van der Waals surface area contributed by atoms with E-state index in [2.05, 4.69) is 34.3 Å². The Hall–Kier alpha value is -3.67.